The first kappa shape index (κ1) is 23.0. The summed E-state index contributed by atoms with van der Waals surface area (Å²) in [5.74, 6) is 1.13. The molecular weight excluding hydrogens is 464 g/mol. The van der Waals surface area contributed by atoms with Gasteiger partial charge in [0, 0.05) is 27.2 Å². The number of carbonyl (C=O) groups is 2. The highest BCUT2D eigenvalue weighted by Crippen LogP contribution is 2.38. The summed E-state index contributed by atoms with van der Waals surface area (Å²) in [6, 6.07) is 1.72. The topological polar surface area (TPSA) is 86.1 Å². The van der Waals surface area contributed by atoms with E-state index in [-0.39, 0.29) is 11.7 Å². The van der Waals surface area contributed by atoms with E-state index in [1.54, 1.807) is 6.07 Å². The van der Waals surface area contributed by atoms with Crippen LogP contribution in [0.4, 0.5) is 5.00 Å². The standard InChI is InChI=1S/C22H26N4O3S3/c1-5-26-19(16-10-30-17-8-12(2)6-7-14(16)17)24-25-22(26)31-11-18(27)23-20-15(21(28)29-4)9-13(3)32-20/h9-10,12H,5-8,11H2,1-4H3,(H,23,27). The van der Waals surface area contributed by atoms with Gasteiger partial charge in [-0.05, 0) is 50.7 Å². The van der Waals surface area contributed by atoms with Crippen LogP contribution in [0.5, 0.6) is 0 Å². The third kappa shape index (κ3) is 4.62. The number of carbonyl (C=O) groups excluding carboxylic acids is 2. The number of rotatable bonds is 7. The molecule has 1 unspecified atom stereocenters. The van der Waals surface area contributed by atoms with Crippen molar-refractivity contribution in [3.63, 3.8) is 0 Å². The summed E-state index contributed by atoms with van der Waals surface area (Å²) in [6.07, 6.45) is 3.42. The highest BCUT2D eigenvalue weighted by molar-refractivity contribution is 7.99. The van der Waals surface area contributed by atoms with Crippen molar-refractivity contribution >= 4 is 51.3 Å². The van der Waals surface area contributed by atoms with Gasteiger partial charge >= 0.3 is 5.97 Å². The number of nitrogens with zero attached hydrogens (tertiary/aromatic N) is 3. The first-order chi connectivity index (χ1) is 15.4. The molecule has 3 heterocycles. The summed E-state index contributed by atoms with van der Waals surface area (Å²) in [6.45, 7) is 6.98. The number of hydrogen-bond donors (Lipinski definition) is 1. The van der Waals surface area contributed by atoms with Gasteiger partial charge in [0.15, 0.2) is 11.0 Å². The number of thiophene rings is 2. The van der Waals surface area contributed by atoms with Gasteiger partial charge in [-0.15, -0.1) is 32.9 Å². The fourth-order valence-corrected chi connectivity index (χ4v) is 6.87. The molecule has 170 valence electrons. The van der Waals surface area contributed by atoms with E-state index in [9.17, 15) is 9.59 Å². The van der Waals surface area contributed by atoms with E-state index in [1.807, 2.05) is 18.3 Å². The van der Waals surface area contributed by atoms with Crippen molar-refractivity contribution in [1.29, 1.82) is 0 Å². The van der Waals surface area contributed by atoms with Crippen molar-refractivity contribution in [2.24, 2.45) is 5.92 Å². The molecule has 0 spiro atoms. The molecule has 0 aromatic carbocycles. The van der Waals surface area contributed by atoms with E-state index in [0.29, 0.717) is 10.6 Å². The van der Waals surface area contributed by atoms with Crippen molar-refractivity contribution in [3.05, 3.63) is 32.3 Å². The molecule has 32 heavy (non-hydrogen) atoms. The number of anilines is 1. The third-order valence-corrected chi connectivity index (χ3v) is 8.51. The molecule has 1 N–H and O–H groups in total. The number of esters is 1. The van der Waals surface area contributed by atoms with E-state index in [4.69, 9.17) is 4.74 Å². The number of fused-ring (bicyclic) bond motifs is 1. The number of methoxy groups -OCH3 is 1. The monoisotopic (exact) mass is 490 g/mol. The summed E-state index contributed by atoms with van der Waals surface area (Å²) in [5.41, 5.74) is 2.97. The van der Waals surface area contributed by atoms with Gasteiger partial charge in [0.1, 0.15) is 5.00 Å². The van der Waals surface area contributed by atoms with Gasteiger partial charge in [-0.3, -0.25) is 4.79 Å². The van der Waals surface area contributed by atoms with Crippen LogP contribution in [0.15, 0.2) is 16.6 Å². The molecule has 0 saturated carbocycles. The number of hydrogen-bond acceptors (Lipinski definition) is 8. The number of aryl methyl sites for hydroxylation is 1. The van der Waals surface area contributed by atoms with Crippen LogP contribution in [-0.4, -0.2) is 39.5 Å². The number of amides is 1. The first-order valence-corrected chi connectivity index (χ1v) is 13.2. The second kappa shape index (κ2) is 9.76. The molecule has 10 heteroatoms. The Morgan fingerprint density at radius 3 is 2.94 bits per heavy atom. The van der Waals surface area contributed by atoms with Gasteiger partial charge in [-0.1, -0.05) is 18.7 Å². The third-order valence-electron chi connectivity index (χ3n) is 5.52. The predicted molar refractivity (Wildman–Crippen MR) is 130 cm³/mol. The maximum absolute atomic E-state index is 12.6. The van der Waals surface area contributed by atoms with Crippen molar-refractivity contribution < 1.29 is 14.3 Å². The number of aromatic nitrogens is 3. The lowest BCUT2D eigenvalue weighted by Crippen LogP contribution is -2.16. The van der Waals surface area contributed by atoms with Crippen LogP contribution in [-0.2, 0) is 28.9 Å². The Hall–Kier alpha value is -2.17. The largest absolute Gasteiger partial charge is 0.465 e. The van der Waals surface area contributed by atoms with Crippen molar-refractivity contribution in [3.8, 4) is 11.4 Å². The highest BCUT2D eigenvalue weighted by Gasteiger charge is 2.24. The zero-order valence-electron chi connectivity index (χ0n) is 18.6. The number of nitrogens with one attached hydrogen (secondary N) is 1. The fourth-order valence-electron chi connectivity index (χ4n) is 3.91. The average Bonchev–Trinajstić information content (AvgIpc) is 3.47. The Morgan fingerprint density at radius 1 is 1.38 bits per heavy atom. The minimum atomic E-state index is -0.457. The summed E-state index contributed by atoms with van der Waals surface area (Å²) in [4.78, 5) is 26.9. The highest BCUT2D eigenvalue weighted by atomic mass is 32.2. The second-order valence-corrected chi connectivity index (χ2v) is 11.0. The van der Waals surface area contributed by atoms with Gasteiger partial charge in [-0.25, -0.2) is 4.79 Å². The molecule has 0 fully saturated rings. The normalized spacial score (nSPS) is 15.4. The molecule has 3 aromatic rings. The summed E-state index contributed by atoms with van der Waals surface area (Å²) >= 11 is 4.53. The smallest absolute Gasteiger partial charge is 0.340 e. The van der Waals surface area contributed by atoms with E-state index >= 15 is 0 Å². The van der Waals surface area contributed by atoms with Crippen molar-refractivity contribution in [2.75, 3.05) is 18.2 Å². The number of thioether (sulfide) groups is 1. The number of ether oxygens (including phenoxy) is 1. The summed E-state index contributed by atoms with van der Waals surface area (Å²) < 4.78 is 6.88. The lowest BCUT2D eigenvalue weighted by atomic mass is 9.88. The summed E-state index contributed by atoms with van der Waals surface area (Å²) in [7, 11) is 1.33. The van der Waals surface area contributed by atoms with Gasteiger partial charge in [0.25, 0.3) is 0 Å². The van der Waals surface area contributed by atoms with Crippen LogP contribution in [0.3, 0.4) is 0 Å². The van der Waals surface area contributed by atoms with Crippen LogP contribution in [0, 0.1) is 12.8 Å². The molecule has 3 aromatic heterocycles. The minimum absolute atomic E-state index is 0.176. The van der Waals surface area contributed by atoms with Crippen LogP contribution >= 0.6 is 34.4 Å². The van der Waals surface area contributed by atoms with Crippen molar-refractivity contribution in [2.45, 2.75) is 51.7 Å². The Morgan fingerprint density at radius 2 is 2.19 bits per heavy atom. The lowest BCUT2D eigenvalue weighted by Gasteiger charge is -2.19. The Bertz CT molecular complexity index is 1150. The zero-order valence-corrected chi connectivity index (χ0v) is 21.0. The molecule has 7 nitrogen and oxygen atoms in total. The maximum Gasteiger partial charge on any atom is 0.340 e. The zero-order chi connectivity index (χ0) is 22.8. The van der Waals surface area contributed by atoms with Crippen LogP contribution in [0.2, 0.25) is 0 Å². The van der Waals surface area contributed by atoms with E-state index in [2.05, 4.69) is 39.3 Å². The van der Waals surface area contributed by atoms with Crippen LogP contribution in [0.1, 0.15) is 45.9 Å². The van der Waals surface area contributed by atoms with E-state index in [1.165, 1.54) is 52.6 Å². The Balaban J connectivity index is 1.47. The average molecular weight is 491 g/mol. The molecule has 0 radical (unpaired) electrons. The quantitative estimate of drug-likeness (QED) is 0.369. The molecule has 1 aliphatic carbocycles. The van der Waals surface area contributed by atoms with E-state index < -0.39 is 5.97 Å². The predicted octanol–water partition coefficient (Wildman–Crippen LogP) is 5.04. The van der Waals surface area contributed by atoms with Gasteiger partial charge in [0.05, 0.1) is 18.4 Å². The van der Waals surface area contributed by atoms with Gasteiger partial charge < -0.3 is 14.6 Å². The van der Waals surface area contributed by atoms with Gasteiger partial charge in [0.2, 0.25) is 5.91 Å². The Labute approximate surface area is 199 Å². The second-order valence-electron chi connectivity index (χ2n) is 7.88. The fraction of sp³-hybridized carbons (Fsp3) is 0.455. The van der Waals surface area contributed by atoms with Crippen LogP contribution in [0.25, 0.3) is 11.4 Å². The molecule has 0 saturated heterocycles. The maximum atomic E-state index is 12.6. The lowest BCUT2D eigenvalue weighted by molar-refractivity contribution is -0.113. The first-order valence-electron chi connectivity index (χ1n) is 10.5. The van der Waals surface area contributed by atoms with Gasteiger partial charge in [-0.2, -0.15) is 0 Å². The Kier molecular flexibility index (Phi) is 7.02. The molecule has 4 rings (SSSR count). The molecule has 1 atom stereocenters. The van der Waals surface area contributed by atoms with E-state index in [0.717, 1.165) is 41.2 Å². The molecule has 1 amide bonds. The molecule has 0 bridgehead atoms. The molecular formula is C22H26N4O3S3. The molecule has 1 aliphatic rings. The SMILES string of the molecule is CCn1c(SCC(=O)Nc2sc(C)cc2C(=O)OC)nnc1-c1csc2c1CCC(C)C2. The summed E-state index contributed by atoms with van der Waals surface area (Å²) in [5, 5.41) is 15.1. The minimum Gasteiger partial charge on any atom is -0.465 e. The van der Waals surface area contributed by atoms with Crippen molar-refractivity contribution in [1.82, 2.24) is 14.8 Å². The molecule has 0 aliphatic heterocycles. The van der Waals surface area contributed by atoms with Crippen LogP contribution < -0.4 is 5.32 Å².